The molecule has 2 aromatic carbocycles. The van der Waals surface area contributed by atoms with Crippen molar-refractivity contribution in [1.82, 2.24) is 0 Å². The predicted octanol–water partition coefficient (Wildman–Crippen LogP) is 7.10. The molecule has 2 atom stereocenters. The van der Waals surface area contributed by atoms with E-state index in [0.717, 1.165) is 27.8 Å². The molecule has 0 radical (unpaired) electrons. The Balaban J connectivity index is 1.31. The first-order valence-electron chi connectivity index (χ1n) is 9.72. The van der Waals surface area contributed by atoms with Gasteiger partial charge in [0.25, 0.3) is 0 Å². The van der Waals surface area contributed by atoms with Gasteiger partial charge in [-0.25, -0.2) is 0 Å². The van der Waals surface area contributed by atoms with E-state index in [1.165, 1.54) is 11.1 Å². The van der Waals surface area contributed by atoms with Crippen molar-refractivity contribution in [2.75, 3.05) is 0 Å². The molecule has 0 aliphatic heterocycles. The molecule has 4 rings (SSSR count). The summed E-state index contributed by atoms with van der Waals surface area (Å²) in [5, 5.41) is 0. The first-order valence-corrected chi connectivity index (χ1v) is 10.8. The number of allylic oxidation sites excluding steroid dienone is 8. The number of benzene rings is 2. The summed E-state index contributed by atoms with van der Waals surface area (Å²) in [5.74, 6) is 1.01. The summed E-state index contributed by atoms with van der Waals surface area (Å²) in [5.41, 5.74) is 5.92. The van der Waals surface area contributed by atoms with Crippen LogP contribution in [0.15, 0.2) is 105 Å². The van der Waals surface area contributed by atoms with Crippen LogP contribution in [0.25, 0.3) is 0 Å². The zero-order valence-electron chi connectivity index (χ0n) is 16.0. The second-order valence-corrected chi connectivity index (χ2v) is 9.08. The van der Waals surface area contributed by atoms with Crippen LogP contribution in [0, 0.1) is 0 Å². The summed E-state index contributed by atoms with van der Waals surface area (Å²) in [7, 11) is 0. The van der Waals surface area contributed by atoms with Crippen LogP contribution in [0.2, 0.25) is 0 Å². The van der Waals surface area contributed by atoms with Gasteiger partial charge >= 0.3 is 170 Å². The van der Waals surface area contributed by atoms with E-state index in [0.29, 0.717) is 11.8 Å². The van der Waals surface area contributed by atoms with E-state index in [1.54, 1.807) is 20.1 Å². The van der Waals surface area contributed by atoms with Gasteiger partial charge in [0.05, 0.1) is 0 Å². The van der Waals surface area contributed by atoms with Crippen LogP contribution >= 0.6 is 0 Å². The molecule has 0 spiro atoms. The van der Waals surface area contributed by atoms with Gasteiger partial charge in [0.2, 0.25) is 0 Å². The molecule has 0 fully saturated rings. The van der Waals surface area contributed by atoms with Crippen molar-refractivity contribution in [3.05, 3.63) is 116 Å². The minimum atomic E-state index is 0.504. The van der Waals surface area contributed by atoms with Crippen molar-refractivity contribution in [3.8, 4) is 0 Å². The Hall–Kier alpha value is -2.08. The van der Waals surface area contributed by atoms with Crippen LogP contribution in [-0.2, 0) is 15.0 Å². The zero-order chi connectivity index (χ0) is 18.6. The fourth-order valence-corrected chi connectivity index (χ4v) is 5.25. The Bertz CT molecular complexity index is 836. The average Bonchev–Trinajstić information content (AvgIpc) is 3.38. The van der Waals surface area contributed by atoms with Crippen LogP contribution in [0.4, 0.5) is 0 Å². The third kappa shape index (κ3) is 4.26. The molecule has 2 aliphatic carbocycles. The van der Waals surface area contributed by atoms with Gasteiger partial charge in [0.15, 0.2) is 0 Å². The Kier molecular flexibility index (Phi) is 5.62. The molecule has 2 unspecified atom stereocenters. The molecule has 138 valence electrons. The number of rotatable bonds is 6. The molecule has 0 nitrogen and oxygen atoms in total. The van der Waals surface area contributed by atoms with Crippen LogP contribution in [-0.4, -0.2) is 0 Å². The molecule has 0 bridgehead atoms. The summed E-state index contributed by atoms with van der Waals surface area (Å²) in [4.78, 5) is 0. The molecule has 0 heterocycles. The maximum absolute atomic E-state index is 2.36. The molecule has 0 amide bonds. The Labute approximate surface area is 169 Å². The summed E-state index contributed by atoms with van der Waals surface area (Å²) in [6.07, 6.45) is 11.7. The summed E-state index contributed by atoms with van der Waals surface area (Å²) < 4.78 is 3.11. The van der Waals surface area contributed by atoms with Crippen molar-refractivity contribution < 1.29 is 15.0 Å². The molecule has 0 saturated carbocycles. The molecule has 0 aromatic heterocycles. The molecule has 27 heavy (non-hydrogen) atoms. The van der Waals surface area contributed by atoms with Crippen LogP contribution < -0.4 is 0 Å². The quantitative estimate of drug-likeness (QED) is 0.458. The average molecular weight is 394 g/mol. The predicted molar refractivity (Wildman–Crippen MR) is 111 cm³/mol. The van der Waals surface area contributed by atoms with Gasteiger partial charge in [-0.2, -0.15) is 0 Å². The van der Waals surface area contributed by atoms with E-state index in [1.807, 2.05) is 0 Å². The van der Waals surface area contributed by atoms with E-state index in [9.17, 15) is 0 Å². The normalized spacial score (nSPS) is 18.6. The summed E-state index contributed by atoms with van der Waals surface area (Å²) in [6, 6.07) is 21.7. The molecule has 2 aliphatic rings. The standard InChI is InChI=1S/2C13H13.Fe/c2*1-11(13-9-5-6-10-13)12-7-3-2-4-8-12;/h2*2-5,7-9,11H,10H2,1H3;. The fourth-order valence-electron chi connectivity index (χ4n) is 3.78. The van der Waals surface area contributed by atoms with E-state index in [2.05, 4.69) is 98.8 Å². The van der Waals surface area contributed by atoms with E-state index >= 15 is 0 Å². The minimum absolute atomic E-state index is 0.504. The zero-order valence-corrected chi connectivity index (χ0v) is 17.1. The van der Waals surface area contributed by atoms with Crippen LogP contribution in [0.5, 0.6) is 0 Å². The van der Waals surface area contributed by atoms with Gasteiger partial charge in [0, 0.05) is 0 Å². The van der Waals surface area contributed by atoms with Gasteiger partial charge in [-0.3, -0.25) is 0 Å². The first kappa shape index (κ1) is 18.3. The fraction of sp³-hybridized carbons (Fsp3) is 0.231. The Morgan fingerprint density at radius 2 is 1.00 bits per heavy atom. The summed E-state index contributed by atoms with van der Waals surface area (Å²) in [6.45, 7) is 4.65. The maximum atomic E-state index is 2.36. The molecular formula is C26H26Fe. The third-order valence-electron chi connectivity index (χ3n) is 5.62. The van der Waals surface area contributed by atoms with Gasteiger partial charge in [0.1, 0.15) is 0 Å². The number of hydrogen-bond donors (Lipinski definition) is 0. The van der Waals surface area contributed by atoms with Crippen molar-refractivity contribution in [3.63, 3.8) is 0 Å². The van der Waals surface area contributed by atoms with Crippen molar-refractivity contribution in [2.24, 2.45) is 0 Å². The van der Waals surface area contributed by atoms with Gasteiger partial charge in [-0.15, -0.1) is 0 Å². The van der Waals surface area contributed by atoms with Crippen molar-refractivity contribution >= 4 is 0 Å². The Morgan fingerprint density at radius 3 is 1.41 bits per heavy atom. The SMILES string of the molecule is CC(C1=CC=[C]([Fe][C]2=CC=C(C(C)c3ccccc3)C2)C1)c1ccccc1. The van der Waals surface area contributed by atoms with Crippen molar-refractivity contribution in [2.45, 2.75) is 38.5 Å². The van der Waals surface area contributed by atoms with Crippen molar-refractivity contribution in [1.29, 1.82) is 0 Å². The monoisotopic (exact) mass is 394 g/mol. The second kappa shape index (κ2) is 8.30. The van der Waals surface area contributed by atoms with E-state index in [-0.39, 0.29) is 0 Å². The van der Waals surface area contributed by atoms with E-state index in [4.69, 9.17) is 0 Å². The summed E-state index contributed by atoms with van der Waals surface area (Å²) >= 11 is 1.11. The van der Waals surface area contributed by atoms with Crippen LogP contribution in [0.3, 0.4) is 0 Å². The second-order valence-electron chi connectivity index (χ2n) is 7.39. The molecular weight excluding hydrogens is 368 g/mol. The first-order chi connectivity index (χ1) is 13.2. The Morgan fingerprint density at radius 1 is 0.593 bits per heavy atom. The third-order valence-corrected chi connectivity index (χ3v) is 7.09. The molecule has 0 N–H and O–H groups in total. The van der Waals surface area contributed by atoms with Gasteiger partial charge in [-0.05, 0) is 0 Å². The van der Waals surface area contributed by atoms with Crippen LogP contribution in [0.1, 0.15) is 49.7 Å². The number of hydrogen-bond acceptors (Lipinski definition) is 0. The molecule has 0 saturated heterocycles. The topological polar surface area (TPSA) is 0 Å². The molecule has 2 aromatic rings. The van der Waals surface area contributed by atoms with E-state index < -0.39 is 0 Å². The van der Waals surface area contributed by atoms with Gasteiger partial charge in [-0.1, -0.05) is 0 Å². The van der Waals surface area contributed by atoms with Gasteiger partial charge < -0.3 is 0 Å². The molecule has 1 heteroatoms.